The van der Waals surface area contributed by atoms with E-state index in [1.165, 1.54) is 6.33 Å². The van der Waals surface area contributed by atoms with Crippen LogP contribution in [0, 0.1) is 0 Å². The van der Waals surface area contributed by atoms with Crippen LogP contribution in [0.2, 0.25) is 0 Å². The minimum absolute atomic E-state index is 0. The zero-order chi connectivity index (χ0) is 18.2. The molecular weight excluding hydrogens is 447 g/mol. The zero-order valence-corrected chi connectivity index (χ0v) is 17.9. The van der Waals surface area contributed by atoms with Gasteiger partial charge in [-0.3, -0.25) is 9.67 Å². The number of aromatic nitrogens is 3. The number of aryl methyl sites for hydroxylation is 1. The number of hydrogen-bond acceptors (Lipinski definition) is 5. The molecule has 8 nitrogen and oxygen atoms in total. The molecule has 1 heterocycles. The summed E-state index contributed by atoms with van der Waals surface area (Å²) in [7, 11) is 5.38. The highest BCUT2D eigenvalue weighted by Gasteiger charge is 2.12. The lowest BCUT2D eigenvalue weighted by molar-refractivity contribution is 0.186. The molecule has 0 bridgehead atoms. The van der Waals surface area contributed by atoms with Crippen molar-refractivity contribution in [2.45, 2.75) is 19.6 Å². The van der Waals surface area contributed by atoms with Crippen molar-refractivity contribution in [3.8, 4) is 5.75 Å². The van der Waals surface area contributed by atoms with E-state index in [1.54, 1.807) is 11.8 Å². The predicted molar refractivity (Wildman–Crippen MR) is 112 cm³/mol. The first-order chi connectivity index (χ1) is 12.0. The lowest BCUT2D eigenvalue weighted by Gasteiger charge is -2.22. The standard InChI is InChI=1S/C17H26N6O2.HI/c1-5-18-17(22(2)11-16-20-12-21-23(16)3)19-10-15(24)13-7-6-8-14(9-13)25-4;/h6-9,12,15,24H,5,10-11H2,1-4H3,(H,18,19);1H. The summed E-state index contributed by atoms with van der Waals surface area (Å²) in [6.45, 7) is 3.55. The van der Waals surface area contributed by atoms with Crippen LogP contribution < -0.4 is 10.1 Å². The summed E-state index contributed by atoms with van der Waals surface area (Å²) >= 11 is 0. The Labute approximate surface area is 171 Å². The second kappa shape index (κ2) is 11.0. The summed E-state index contributed by atoms with van der Waals surface area (Å²) in [6.07, 6.45) is 0.826. The number of aliphatic hydroxyl groups is 1. The van der Waals surface area contributed by atoms with Crippen molar-refractivity contribution in [1.29, 1.82) is 0 Å². The monoisotopic (exact) mass is 474 g/mol. The molecule has 1 atom stereocenters. The zero-order valence-electron chi connectivity index (χ0n) is 15.6. The third-order valence-corrected chi connectivity index (χ3v) is 3.77. The molecular formula is C17H27IN6O2. The Hall–Kier alpha value is -1.88. The van der Waals surface area contributed by atoms with Gasteiger partial charge in [-0.05, 0) is 24.6 Å². The quantitative estimate of drug-likeness (QED) is 0.360. The molecule has 0 fully saturated rings. The van der Waals surface area contributed by atoms with E-state index in [0.29, 0.717) is 18.3 Å². The van der Waals surface area contributed by atoms with E-state index < -0.39 is 6.10 Å². The molecule has 26 heavy (non-hydrogen) atoms. The average molecular weight is 474 g/mol. The van der Waals surface area contributed by atoms with Gasteiger partial charge in [0.25, 0.3) is 0 Å². The van der Waals surface area contributed by atoms with Crippen molar-refractivity contribution in [2.75, 3.05) is 27.2 Å². The number of methoxy groups -OCH3 is 1. The van der Waals surface area contributed by atoms with Gasteiger partial charge in [-0.15, -0.1) is 24.0 Å². The van der Waals surface area contributed by atoms with Gasteiger partial charge in [0.1, 0.15) is 17.9 Å². The molecule has 0 radical (unpaired) electrons. The van der Waals surface area contributed by atoms with Gasteiger partial charge in [-0.2, -0.15) is 5.10 Å². The van der Waals surface area contributed by atoms with Gasteiger partial charge in [0.15, 0.2) is 5.96 Å². The number of aliphatic imine (C=N–C) groups is 1. The highest BCUT2D eigenvalue weighted by Crippen LogP contribution is 2.19. The number of ether oxygens (including phenoxy) is 1. The van der Waals surface area contributed by atoms with Gasteiger partial charge in [0.2, 0.25) is 0 Å². The van der Waals surface area contributed by atoms with Crippen LogP contribution in [0.25, 0.3) is 0 Å². The van der Waals surface area contributed by atoms with Gasteiger partial charge in [-0.1, -0.05) is 12.1 Å². The Kier molecular flexibility index (Phi) is 9.35. The van der Waals surface area contributed by atoms with E-state index in [4.69, 9.17) is 4.74 Å². The maximum absolute atomic E-state index is 10.4. The fourth-order valence-electron chi connectivity index (χ4n) is 2.35. The number of hydrogen-bond donors (Lipinski definition) is 2. The summed E-state index contributed by atoms with van der Waals surface area (Å²) in [5, 5.41) is 17.7. The van der Waals surface area contributed by atoms with Crippen LogP contribution in [-0.2, 0) is 13.6 Å². The molecule has 1 aromatic carbocycles. The number of rotatable bonds is 7. The maximum Gasteiger partial charge on any atom is 0.194 e. The van der Waals surface area contributed by atoms with Crippen molar-refractivity contribution in [3.63, 3.8) is 0 Å². The van der Waals surface area contributed by atoms with E-state index in [1.807, 2.05) is 50.2 Å². The van der Waals surface area contributed by atoms with E-state index in [0.717, 1.165) is 17.9 Å². The van der Waals surface area contributed by atoms with Crippen LogP contribution >= 0.6 is 24.0 Å². The lowest BCUT2D eigenvalue weighted by Crippen LogP contribution is -2.39. The molecule has 0 spiro atoms. The van der Waals surface area contributed by atoms with Crippen LogP contribution in [0.1, 0.15) is 24.4 Å². The largest absolute Gasteiger partial charge is 0.497 e. The highest BCUT2D eigenvalue weighted by atomic mass is 127. The van der Waals surface area contributed by atoms with Crippen molar-refractivity contribution >= 4 is 29.9 Å². The minimum atomic E-state index is -0.702. The third kappa shape index (κ3) is 6.13. The third-order valence-electron chi connectivity index (χ3n) is 3.77. The average Bonchev–Trinajstić information content (AvgIpc) is 3.03. The van der Waals surface area contributed by atoms with Gasteiger partial charge < -0.3 is 20.1 Å². The van der Waals surface area contributed by atoms with Crippen LogP contribution in [-0.4, -0.2) is 58.0 Å². The van der Waals surface area contributed by atoms with E-state index in [2.05, 4.69) is 20.4 Å². The van der Waals surface area contributed by atoms with Crippen LogP contribution in [0.15, 0.2) is 35.6 Å². The van der Waals surface area contributed by atoms with E-state index in [9.17, 15) is 5.11 Å². The van der Waals surface area contributed by atoms with Gasteiger partial charge in [0.05, 0.1) is 26.3 Å². The molecule has 0 saturated carbocycles. The second-order valence-corrected chi connectivity index (χ2v) is 5.64. The molecule has 1 unspecified atom stereocenters. The van der Waals surface area contributed by atoms with Crippen molar-refractivity contribution in [1.82, 2.24) is 25.0 Å². The lowest BCUT2D eigenvalue weighted by atomic mass is 10.1. The van der Waals surface area contributed by atoms with Crippen molar-refractivity contribution < 1.29 is 9.84 Å². The first-order valence-corrected chi connectivity index (χ1v) is 8.19. The van der Waals surface area contributed by atoms with E-state index >= 15 is 0 Å². The molecule has 2 rings (SSSR count). The second-order valence-electron chi connectivity index (χ2n) is 5.64. The molecule has 9 heteroatoms. The van der Waals surface area contributed by atoms with Crippen molar-refractivity contribution in [3.05, 3.63) is 42.0 Å². The molecule has 2 N–H and O–H groups in total. The smallest absolute Gasteiger partial charge is 0.194 e. The SMILES string of the molecule is CCNC(=NCC(O)c1cccc(OC)c1)N(C)Cc1ncnn1C.I. The minimum Gasteiger partial charge on any atom is -0.497 e. The van der Waals surface area contributed by atoms with Crippen LogP contribution in [0.3, 0.4) is 0 Å². The molecule has 0 saturated heterocycles. The number of halogens is 1. The number of guanidine groups is 1. The van der Waals surface area contributed by atoms with Gasteiger partial charge in [-0.25, -0.2) is 4.98 Å². The Morgan fingerprint density at radius 3 is 2.85 bits per heavy atom. The number of benzene rings is 1. The molecule has 0 aliphatic rings. The number of nitrogens with one attached hydrogen (secondary N) is 1. The Morgan fingerprint density at radius 2 is 2.23 bits per heavy atom. The summed E-state index contributed by atoms with van der Waals surface area (Å²) in [6, 6.07) is 7.38. The van der Waals surface area contributed by atoms with Gasteiger partial charge in [0, 0.05) is 20.6 Å². The fourth-order valence-corrected chi connectivity index (χ4v) is 2.35. The summed E-state index contributed by atoms with van der Waals surface area (Å²) in [5.41, 5.74) is 0.773. The number of aliphatic hydroxyl groups excluding tert-OH is 1. The first-order valence-electron chi connectivity index (χ1n) is 8.19. The topological polar surface area (TPSA) is 87.8 Å². The molecule has 1 aromatic heterocycles. The first kappa shape index (κ1) is 22.2. The van der Waals surface area contributed by atoms with Crippen molar-refractivity contribution in [2.24, 2.45) is 12.0 Å². The normalized spacial score (nSPS) is 12.3. The van der Waals surface area contributed by atoms with Crippen LogP contribution in [0.4, 0.5) is 0 Å². The molecule has 144 valence electrons. The highest BCUT2D eigenvalue weighted by molar-refractivity contribution is 14.0. The Morgan fingerprint density at radius 1 is 1.46 bits per heavy atom. The predicted octanol–water partition coefficient (Wildman–Crippen LogP) is 1.57. The molecule has 0 aliphatic heterocycles. The summed E-state index contributed by atoms with van der Waals surface area (Å²) < 4.78 is 6.92. The summed E-state index contributed by atoms with van der Waals surface area (Å²) in [5.74, 6) is 2.25. The maximum atomic E-state index is 10.4. The van der Waals surface area contributed by atoms with Crippen LogP contribution in [0.5, 0.6) is 5.75 Å². The Balaban J connectivity index is 0.00000338. The molecule has 0 aliphatic carbocycles. The fraction of sp³-hybridized carbons (Fsp3) is 0.471. The number of nitrogens with zero attached hydrogens (tertiary/aromatic N) is 5. The molecule has 2 aromatic rings. The van der Waals surface area contributed by atoms with E-state index in [-0.39, 0.29) is 30.5 Å². The summed E-state index contributed by atoms with van der Waals surface area (Å²) in [4.78, 5) is 10.7. The molecule has 0 amide bonds. The van der Waals surface area contributed by atoms with Gasteiger partial charge >= 0.3 is 0 Å². The Bertz CT molecular complexity index is 706.